The second kappa shape index (κ2) is 3.55. The molecule has 0 saturated heterocycles. The van der Waals surface area contributed by atoms with Crippen molar-refractivity contribution < 1.29 is 9.90 Å². The van der Waals surface area contributed by atoms with Crippen molar-refractivity contribution in [3.05, 3.63) is 41.0 Å². The molecule has 1 aromatic rings. The van der Waals surface area contributed by atoms with Gasteiger partial charge in [-0.25, -0.2) is 0 Å². The Kier molecular flexibility index (Phi) is 2.15. The highest BCUT2D eigenvalue weighted by molar-refractivity contribution is 6.35. The van der Waals surface area contributed by atoms with Crippen molar-refractivity contribution in [1.82, 2.24) is 0 Å². The Morgan fingerprint density at radius 3 is 2.53 bits per heavy atom. The summed E-state index contributed by atoms with van der Waals surface area (Å²) in [5, 5.41) is 10.1. The number of hydrogen-bond donors (Lipinski definition) is 1. The Morgan fingerprint density at radius 1 is 1.29 bits per heavy atom. The van der Waals surface area contributed by atoms with Crippen LogP contribution in [0.1, 0.15) is 35.7 Å². The number of Topliss-reactive ketones (excluding diaryl/α,β-unsaturated/α-hetero) is 1. The summed E-state index contributed by atoms with van der Waals surface area (Å²) >= 11 is 0. The van der Waals surface area contributed by atoms with Crippen molar-refractivity contribution in [3.63, 3.8) is 0 Å². The van der Waals surface area contributed by atoms with E-state index in [1.54, 1.807) is 25.1 Å². The van der Waals surface area contributed by atoms with Crippen molar-refractivity contribution in [3.8, 4) is 0 Å². The van der Waals surface area contributed by atoms with Crippen LogP contribution in [-0.2, 0) is 0 Å². The van der Waals surface area contributed by atoms with E-state index in [1.807, 2.05) is 6.07 Å². The number of fused-ring (bicyclic) bond motifs is 1. The summed E-state index contributed by atoms with van der Waals surface area (Å²) in [5.74, 6) is -0.0347. The number of allylic oxidation sites excluding steroid dienone is 1. The molecule has 0 unspecified atom stereocenters. The summed E-state index contributed by atoms with van der Waals surface area (Å²) in [7, 11) is 0. The van der Waals surface area contributed by atoms with Crippen molar-refractivity contribution in [2.75, 3.05) is 0 Å². The molecule has 0 amide bonds. The maximum atomic E-state index is 12.2. The Morgan fingerprint density at radius 2 is 1.94 bits per heavy atom. The highest BCUT2D eigenvalue weighted by Gasteiger charge is 2.32. The number of aliphatic hydroxyl groups excluding tert-OH is 1. The van der Waals surface area contributed by atoms with Crippen molar-refractivity contribution in [2.45, 2.75) is 25.8 Å². The van der Waals surface area contributed by atoms with Gasteiger partial charge in [0.15, 0.2) is 5.78 Å². The first-order valence-corrected chi connectivity index (χ1v) is 5.80. The van der Waals surface area contributed by atoms with Crippen LogP contribution in [0.5, 0.6) is 0 Å². The number of nitrogens with zero attached hydrogens (tertiary/aromatic N) is 1. The first-order valence-electron chi connectivity index (χ1n) is 5.80. The van der Waals surface area contributed by atoms with Crippen LogP contribution in [0.2, 0.25) is 0 Å². The minimum Gasteiger partial charge on any atom is -0.506 e. The minimum atomic E-state index is -0.111. The zero-order valence-electron chi connectivity index (χ0n) is 9.60. The zero-order chi connectivity index (χ0) is 12.0. The van der Waals surface area contributed by atoms with Gasteiger partial charge in [-0.1, -0.05) is 24.3 Å². The van der Waals surface area contributed by atoms with Gasteiger partial charge in [-0.2, -0.15) is 0 Å². The number of carbonyl (C=O) groups is 1. The fraction of sp³-hybridized carbons (Fsp3) is 0.286. The lowest BCUT2D eigenvalue weighted by Gasteiger charge is -2.00. The molecule has 3 nitrogen and oxygen atoms in total. The molecule has 0 spiro atoms. The molecule has 0 bridgehead atoms. The van der Waals surface area contributed by atoms with Crippen LogP contribution in [-0.4, -0.2) is 22.6 Å². The second-order valence-electron chi connectivity index (χ2n) is 4.54. The van der Waals surface area contributed by atoms with Gasteiger partial charge in [-0.3, -0.25) is 9.79 Å². The number of aliphatic hydroxyl groups is 1. The molecule has 1 fully saturated rings. The van der Waals surface area contributed by atoms with E-state index in [4.69, 9.17) is 0 Å². The molecule has 3 rings (SSSR count). The van der Waals surface area contributed by atoms with Crippen molar-refractivity contribution in [1.29, 1.82) is 0 Å². The van der Waals surface area contributed by atoms with E-state index in [0.717, 1.165) is 12.8 Å². The third-order valence-electron chi connectivity index (χ3n) is 3.18. The highest BCUT2D eigenvalue weighted by Crippen LogP contribution is 2.33. The topological polar surface area (TPSA) is 49.7 Å². The van der Waals surface area contributed by atoms with Crippen LogP contribution in [0.3, 0.4) is 0 Å². The van der Waals surface area contributed by atoms with Crippen LogP contribution in [0.15, 0.2) is 34.8 Å². The molecule has 17 heavy (non-hydrogen) atoms. The zero-order valence-corrected chi connectivity index (χ0v) is 9.60. The molecular weight excluding hydrogens is 214 g/mol. The maximum absolute atomic E-state index is 12.2. The van der Waals surface area contributed by atoms with E-state index < -0.39 is 0 Å². The molecule has 1 aromatic carbocycles. The van der Waals surface area contributed by atoms with Gasteiger partial charge in [0.1, 0.15) is 5.76 Å². The van der Waals surface area contributed by atoms with Crippen molar-refractivity contribution in [2.24, 2.45) is 4.99 Å². The fourth-order valence-corrected chi connectivity index (χ4v) is 2.14. The average Bonchev–Trinajstić information content (AvgIpc) is 3.08. The van der Waals surface area contributed by atoms with E-state index in [2.05, 4.69) is 4.99 Å². The lowest BCUT2D eigenvalue weighted by Crippen LogP contribution is -2.08. The number of hydrogen-bond acceptors (Lipinski definition) is 3. The highest BCUT2D eigenvalue weighted by atomic mass is 16.3. The molecule has 2 aliphatic rings. The third-order valence-corrected chi connectivity index (χ3v) is 3.18. The summed E-state index contributed by atoms with van der Waals surface area (Å²) < 4.78 is 0. The van der Waals surface area contributed by atoms with Crippen LogP contribution >= 0.6 is 0 Å². The molecule has 1 saturated carbocycles. The number of ketones is 1. The van der Waals surface area contributed by atoms with Crippen LogP contribution < -0.4 is 0 Å². The van der Waals surface area contributed by atoms with Crippen LogP contribution in [0, 0.1) is 0 Å². The maximum Gasteiger partial charge on any atom is 0.199 e. The van der Waals surface area contributed by atoms with E-state index in [0.29, 0.717) is 28.5 Å². The summed E-state index contributed by atoms with van der Waals surface area (Å²) in [6, 6.07) is 7.48. The molecule has 1 N–H and O–H groups in total. The first-order chi connectivity index (χ1) is 8.18. The molecule has 2 aliphatic carbocycles. The summed E-state index contributed by atoms with van der Waals surface area (Å²) in [5.41, 5.74) is 2.23. The first kappa shape index (κ1) is 10.3. The molecule has 0 atom stereocenters. The SMILES string of the molecule is CC(=NC1CC1)C1=C(O)c2ccccc2C1=O. The van der Waals surface area contributed by atoms with Crippen LogP contribution in [0.25, 0.3) is 5.76 Å². The lowest BCUT2D eigenvalue weighted by atomic mass is 10.1. The predicted octanol–water partition coefficient (Wildman–Crippen LogP) is 2.78. The number of benzene rings is 1. The normalized spacial score (nSPS) is 19.8. The average molecular weight is 227 g/mol. The van der Waals surface area contributed by atoms with E-state index >= 15 is 0 Å². The Labute approximate surface area is 99.5 Å². The Bertz CT molecular complexity index is 565. The molecule has 0 radical (unpaired) electrons. The summed E-state index contributed by atoms with van der Waals surface area (Å²) in [6.45, 7) is 1.80. The summed E-state index contributed by atoms with van der Waals surface area (Å²) in [4.78, 5) is 16.6. The van der Waals surface area contributed by atoms with Gasteiger partial charge < -0.3 is 5.11 Å². The number of aliphatic imine (C=N–C) groups is 1. The number of rotatable bonds is 2. The summed E-state index contributed by atoms with van der Waals surface area (Å²) in [6.07, 6.45) is 2.18. The van der Waals surface area contributed by atoms with Gasteiger partial charge in [0, 0.05) is 16.8 Å². The van der Waals surface area contributed by atoms with Gasteiger partial charge >= 0.3 is 0 Å². The Hall–Kier alpha value is -1.90. The molecular formula is C14H13NO2. The smallest absolute Gasteiger partial charge is 0.199 e. The van der Waals surface area contributed by atoms with Gasteiger partial charge in [0.25, 0.3) is 0 Å². The fourth-order valence-electron chi connectivity index (χ4n) is 2.14. The third kappa shape index (κ3) is 1.58. The predicted molar refractivity (Wildman–Crippen MR) is 66.5 cm³/mol. The minimum absolute atomic E-state index is 0.0764. The van der Waals surface area contributed by atoms with E-state index in [-0.39, 0.29) is 11.5 Å². The molecule has 3 heteroatoms. The molecule has 86 valence electrons. The Balaban J connectivity index is 2.07. The van der Waals surface area contributed by atoms with Gasteiger partial charge in [0.2, 0.25) is 0 Å². The quantitative estimate of drug-likeness (QED) is 0.790. The molecule has 0 aliphatic heterocycles. The van der Waals surface area contributed by atoms with Gasteiger partial charge in [-0.15, -0.1) is 0 Å². The largest absolute Gasteiger partial charge is 0.506 e. The van der Waals surface area contributed by atoms with E-state index in [1.165, 1.54) is 0 Å². The molecule has 0 heterocycles. The second-order valence-corrected chi connectivity index (χ2v) is 4.54. The standard InChI is InChI=1S/C14H13NO2/c1-8(15-9-6-7-9)12-13(16)10-4-2-3-5-11(10)14(12)17/h2-5,9,16H,6-7H2,1H3. The molecule has 0 aromatic heterocycles. The monoisotopic (exact) mass is 227 g/mol. The van der Waals surface area contributed by atoms with E-state index in [9.17, 15) is 9.90 Å². The van der Waals surface area contributed by atoms with Crippen LogP contribution in [0.4, 0.5) is 0 Å². The van der Waals surface area contributed by atoms with Crippen molar-refractivity contribution >= 4 is 17.3 Å². The lowest BCUT2D eigenvalue weighted by molar-refractivity contribution is 0.104. The van der Waals surface area contributed by atoms with Gasteiger partial charge in [0.05, 0.1) is 11.6 Å². The van der Waals surface area contributed by atoms with Gasteiger partial charge in [-0.05, 0) is 19.8 Å². The number of carbonyl (C=O) groups excluding carboxylic acids is 1.